The Bertz CT molecular complexity index is 1160. The van der Waals surface area contributed by atoms with Gasteiger partial charge in [-0.15, -0.1) is 0 Å². The summed E-state index contributed by atoms with van der Waals surface area (Å²) < 4.78 is 10.4. The number of aromatic nitrogens is 2. The van der Waals surface area contributed by atoms with E-state index in [2.05, 4.69) is 25.7 Å². The van der Waals surface area contributed by atoms with Gasteiger partial charge >= 0.3 is 12.0 Å². The van der Waals surface area contributed by atoms with E-state index in [9.17, 15) is 9.59 Å². The fourth-order valence-corrected chi connectivity index (χ4v) is 5.46. The highest BCUT2D eigenvalue weighted by Gasteiger charge is 2.43. The first-order chi connectivity index (χ1) is 15.1. The van der Waals surface area contributed by atoms with Crippen LogP contribution >= 0.6 is 11.3 Å². The lowest BCUT2D eigenvalue weighted by Gasteiger charge is -2.33. The molecule has 2 bridgehead atoms. The lowest BCUT2D eigenvalue weighted by molar-refractivity contribution is 0.0600. The van der Waals surface area contributed by atoms with Gasteiger partial charge in [0.05, 0.1) is 29.3 Å². The molecule has 3 aromatic rings. The molecular formula is C21H21N5O4S. The Morgan fingerprint density at radius 2 is 2.16 bits per heavy atom. The van der Waals surface area contributed by atoms with Crippen molar-refractivity contribution in [1.29, 1.82) is 0 Å². The second-order valence-corrected chi connectivity index (χ2v) is 8.54. The van der Waals surface area contributed by atoms with Crippen molar-refractivity contribution in [3.05, 3.63) is 46.5 Å². The van der Waals surface area contributed by atoms with Crippen molar-refractivity contribution >= 4 is 34.3 Å². The Morgan fingerprint density at radius 3 is 2.97 bits per heavy atom. The molecule has 0 radical (unpaired) electrons. The molecule has 2 amide bonds. The zero-order chi connectivity index (χ0) is 21.5. The van der Waals surface area contributed by atoms with Crippen LogP contribution in [-0.2, 0) is 11.2 Å². The number of methoxy groups -OCH3 is 1. The third kappa shape index (κ3) is 3.42. The Labute approximate surface area is 182 Å². The number of thiazole rings is 1. The molecule has 1 fully saturated rings. The molecule has 10 heteroatoms. The lowest BCUT2D eigenvalue weighted by atomic mass is 10.0. The zero-order valence-electron chi connectivity index (χ0n) is 17.0. The van der Waals surface area contributed by atoms with E-state index < -0.39 is 5.97 Å². The average molecular weight is 439 g/mol. The number of ether oxygens (including phenoxy) is 1. The summed E-state index contributed by atoms with van der Waals surface area (Å²) in [6.45, 7) is 0. The number of amides is 2. The summed E-state index contributed by atoms with van der Waals surface area (Å²) >= 11 is 1.51. The van der Waals surface area contributed by atoms with Crippen molar-refractivity contribution in [1.82, 2.24) is 15.5 Å². The number of rotatable bonds is 4. The Hall–Kier alpha value is -3.40. The molecule has 2 aliphatic heterocycles. The van der Waals surface area contributed by atoms with E-state index in [0.29, 0.717) is 16.5 Å². The number of urea groups is 1. The summed E-state index contributed by atoms with van der Waals surface area (Å²) in [5, 5.41) is 10.3. The molecular weight excluding hydrogens is 418 g/mol. The van der Waals surface area contributed by atoms with E-state index >= 15 is 0 Å². The third-order valence-electron chi connectivity index (χ3n) is 5.74. The van der Waals surface area contributed by atoms with E-state index in [1.165, 1.54) is 18.4 Å². The maximum atomic E-state index is 11.8. The second kappa shape index (κ2) is 7.69. The minimum Gasteiger partial charge on any atom is -0.465 e. The van der Waals surface area contributed by atoms with E-state index in [1.807, 2.05) is 12.1 Å². The number of anilines is 2. The molecule has 1 aromatic carbocycles. The molecule has 0 spiro atoms. The van der Waals surface area contributed by atoms with E-state index in [0.717, 1.165) is 41.2 Å². The van der Waals surface area contributed by atoms with Crippen LogP contribution in [-0.4, -0.2) is 42.3 Å². The van der Waals surface area contributed by atoms with Crippen LogP contribution in [0, 0.1) is 0 Å². The van der Waals surface area contributed by atoms with Gasteiger partial charge in [0.25, 0.3) is 0 Å². The van der Waals surface area contributed by atoms with Crippen LogP contribution in [0.4, 0.5) is 15.7 Å². The molecule has 9 nitrogen and oxygen atoms in total. The maximum absolute atomic E-state index is 11.8. The Balaban J connectivity index is 1.42. The highest BCUT2D eigenvalue weighted by Crippen LogP contribution is 2.49. The van der Waals surface area contributed by atoms with Gasteiger partial charge in [0.15, 0.2) is 16.7 Å². The van der Waals surface area contributed by atoms with Crippen molar-refractivity contribution in [2.24, 2.45) is 0 Å². The summed E-state index contributed by atoms with van der Waals surface area (Å²) in [7, 11) is 2.94. The van der Waals surface area contributed by atoms with Crippen molar-refractivity contribution < 1.29 is 18.8 Å². The van der Waals surface area contributed by atoms with Crippen molar-refractivity contribution in [2.45, 2.75) is 31.3 Å². The lowest BCUT2D eigenvalue weighted by Crippen LogP contribution is -2.37. The Morgan fingerprint density at radius 1 is 1.29 bits per heavy atom. The predicted molar refractivity (Wildman–Crippen MR) is 115 cm³/mol. The predicted octanol–water partition coefficient (Wildman–Crippen LogP) is 3.60. The van der Waals surface area contributed by atoms with Crippen LogP contribution < -0.4 is 15.5 Å². The number of hydrogen-bond acceptors (Lipinski definition) is 8. The number of esters is 1. The molecule has 5 rings (SSSR count). The van der Waals surface area contributed by atoms with Gasteiger partial charge in [0.1, 0.15) is 0 Å². The summed E-state index contributed by atoms with van der Waals surface area (Å²) in [6.07, 6.45) is 2.85. The second-order valence-electron chi connectivity index (χ2n) is 7.51. The van der Waals surface area contributed by atoms with Gasteiger partial charge in [-0.3, -0.25) is 5.32 Å². The number of carbonyl (C=O) groups excluding carboxylic acids is 2. The van der Waals surface area contributed by atoms with Crippen LogP contribution in [0.1, 0.15) is 39.8 Å². The fourth-order valence-electron chi connectivity index (χ4n) is 4.33. The SMILES string of the molecule is CNC(=O)Nc1nc2c(s1)C1CCC(C2)N1c1cc(-c2cccc(C(=O)OC)c2)on1. The zero-order valence-corrected chi connectivity index (χ0v) is 17.9. The van der Waals surface area contributed by atoms with Gasteiger partial charge in [-0.1, -0.05) is 28.6 Å². The van der Waals surface area contributed by atoms with Crippen LogP contribution in [0.15, 0.2) is 34.9 Å². The van der Waals surface area contributed by atoms with E-state index in [-0.39, 0.29) is 18.1 Å². The van der Waals surface area contributed by atoms with Gasteiger partial charge in [-0.25, -0.2) is 14.6 Å². The molecule has 2 N–H and O–H groups in total. The molecule has 4 heterocycles. The number of hydrogen-bond donors (Lipinski definition) is 2. The van der Waals surface area contributed by atoms with Crippen LogP contribution in [0.3, 0.4) is 0 Å². The average Bonchev–Trinajstić information content (AvgIpc) is 3.50. The van der Waals surface area contributed by atoms with Crippen LogP contribution in [0.25, 0.3) is 11.3 Å². The first-order valence-corrected chi connectivity index (χ1v) is 10.8. The molecule has 0 aliphatic carbocycles. The van der Waals surface area contributed by atoms with Gasteiger partial charge in [0.2, 0.25) is 0 Å². The monoisotopic (exact) mass is 439 g/mol. The number of nitrogens with zero attached hydrogens (tertiary/aromatic N) is 3. The molecule has 1 saturated heterocycles. The summed E-state index contributed by atoms with van der Waals surface area (Å²) in [5.74, 6) is 0.970. The summed E-state index contributed by atoms with van der Waals surface area (Å²) in [4.78, 5) is 31.6. The topological polar surface area (TPSA) is 110 Å². The fraction of sp³-hybridized carbons (Fsp3) is 0.333. The number of carbonyl (C=O) groups is 2. The smallest absolute Gasteiger partial charge is 0.337 e. The quantitative estimate of drug-likeness (QED) is 0.598. The number of nitrogens with one attached hydrogen (secondary N) is 2. The normalized spacial score (nSPS) is 19.1. The number of benzene rings is 1. The van der Waals surface area contributed by atoms with Gasteiger partial charge in [-0.05, 0) is 25.0 Å². The van der Waals surface area contributed by atoms with E-state index in [4.69, 9.17) is 9.26 Å². The van der Waals surface area contributed by atoms with Crippen LogP contribution in [0.5, 0.6) is 0 Å². The molecule has 2 aromatic heterocycles. The van der Waals surface area contributed by atoms with Crippen molar-refractivity contribution in [3.8, 4) is 11.3 Å². The Kier molecular flexibility index (Phi) is 4.85. The van der Waals surface area contributed by atoms with Gasteiger partial charge < -0.3 is 19.5 Å². The molecule has 2 atom stereocenters. The maximum Gasteiger partial charge on any atom is 0.337 e. The van der Waals surface area contributed by atoms with Crippen molar-refractivity contribution in [3.63, 3.8) is 0 Å². The minimum atomic E-state index is -0.394. The van der Waals surface area contributed by atoms with Crippen LogP contribution in [0.2, 0.25) is 0 Å². The molecule has 160 valence electrons. The minimum absolute atomic E-state index is 0.158. The molecule has 2 unspecified atom stereocenters. The highest BCUT2D eigenvalue weighted by atomic mass is 32.1. The molecule has 2 aliphatic rings. The summed E-state index contributed by atoms with van der Waals surface area (Å²) in [5.41, 5.74) is 2.28. The van der Waals surface area contributed by atoms with Crippen molar-refractivity contribution in [2.75, 3.05) is 24.4 Å². The largest absolute Gasteiger partial charge is 0.465 e. The third-order valence-corrected chi connectivity index (χ3v) is 6.85. The first-order valence-electron chi connectivity index (χ1n) is 9.99. The van der Waals surface area contributed by atoms with E-state index in [1.54, 1.807) is 25.2 Å². The van der Waals surface area contributed by atoms with Gasteiger partial charge in [0, 0.05) is 31.1 Å². The highest BCUT2D eigenvalue weighted by molar-refractivity contribution is 7.16. The first kappa shape index (κ1) is 19.6. The summed E-state index contributed by atoms with van der Waals surface area (Å²) in [6, 6.07) is 9.18. The van der Waals surface area contributed by atoms with Gasteiger partial charge in [-0.2, -0.15) is 0 Å². The molecule has 31 heavy (non-hydrogen) atoms. The number of fused-ring (bicyclic) bond motifs is 4. The standard InChI is InChI=1S/C21H21N5O4S/c1-22-20(28)24-21-23-14-9-13-6-7-15(18(14)31-21)26(13)17-10-16(30-25-17)11-4-3-5-12(8-11)19(27)29-2/h3-5,8,10,13,15H,6-7,9H2,1-2H3,(H2,22,23,24,28). The molecule has 0 saturated carbocycles.